The Morgan fingerprint density at radius 3 is 1.56 bits per heavy atom. The van der Waals surface area contributed by atoms with Crippen LogP contribution >= 0.6 is 0 Å². The Hall–Kier alpha value is 1.96. The summed E-state index contributed by atoms with van der Waals surface area (Å²) in [5.41, 5.74) is 0. The first-order chi connectivity index (χ1) is 7.91. The van der Waals surface area contributed by atoms with Gasteiger partial charge >= 0.3 is 59.1 Å². The molecule has 0 bridgehead atoms. The fourth-order valence-corrected chi connectivity index (χ4v) is 1.90. The second kappa shape index (κ2) is 24.0. The molecule has 0 saturated carbocycles. The SMILES string of the molecule is [CH2]CCOCCCCCCCCCCCC.[NaH].[NaH]. The third-order valence-corrected chi connectivity index (χ3v) is 2.93. The second-order valence-electron chi connectivity index (χ2n) is 4.65. The first kappa shape index (κ1) is 24.9. The number of hydrogen-bond acceptors (Lipinski definition) is 1. The van der Waals surface area contributed by atoms with Gasteiger partial charge in [-0.05, 0) is 12.8 Å². The minimum absolute atomic E-state index is 0. The summed E-state index contributed by atoms with van der Waals surface area (Å²) in [6.45, 7) is 7.79. The molecule has 0 aliphatic carbocycles. The molecule has 0 amide bonds. The van der Waals surface area contributed by atoms with Crippen molar-refractivity contribution in [3.63, 3.8) is 0 Å². The van der Waals surface area contributed by atoms with Crippen LogP contribution in [-0.4, -0.2) is 72.3 Å². The van der Waals surface area contributed by atoms with E-state index in [1.165, 1.54) is 64.2 Å². The van der Waals surface area contributed by atoms with Crippen molar-refractivity contribution in [1.82, 2.24) is 0 Å². The van der Waals surface area contributed by atoms with E-state index < -0.39 is 0 Å². The van der Waals surface area contributed by atoms with E-state index in [1.54, 1.807) is 0 Å². The van der Waals surface area contributed by atoms with Gasteiger partial charge < -0.3 is 4.74 Å². The maximum absolute atomic E-state index is 5.39. The number of unbranched alkanes of at least 4 members (excludes halogenated alkanes) is 9. The average Bonchev–Trinajstić information content (AvgIpc) is 2.31. The molecule has 0 aliphatic rings. The molecule has 0 N–H and O–H groups in total. The standard InChI is InChI=1S/C15H31O.2Na.2H/c1-3-5-6-7-8-9-10-11-12-13-15-16-14-4-2;;;;/h2-15H2,1H3;;;;. The molecule has 0 atom stereocenters. The molecular weight excluding hydrogens is 242 g/mol. The van der Waals surface area contributed by atoms with Crippen LogP contribution in [0.5, 0.6) is 0 Å². The molecule has 1 nitrogen and oxygen atoms in total. The zero-order valence-corrected chi connectivity index (χ0v) is 11.3. The van der Waals surface area contributed by atoms with Crippen LogP contribution in [0.3, 0.4) is 0 Å². The van der Waals surface area contributed by atoms with E-state index in [-0.39, 0.29) is 59.1 Å². The van der Waals surface area contributed by atoms with Gasteiger partial charge in [-0.3, -0.25) is 0 Å². The van der Waals surface area contributed by atoms with E-state index in [9.17, 15) is 0 Å². The van der Waals surface area contributed by atoms with Gasteiger partial charge in [-0.2, -0.15) is 0 Å². The van der Waals surface area contributed by atoms with Gasteiger partial charge in [0.05, 0.1) is 0 Å². The molecule has 0 unspecified atom stereocenters. The predicted octanol–water partition coefficient (Wildman–Crippen LogP) is 3.85. The van der Waals surface area contributed by atoms with Crippen LogP contribution in [0.2, 0.25) is 0 Å². The van der Waals surface area contributed by atoms with Crippen LogP contribution in [0, 0.1) is 6.92 Å². The van der Waals surface area contributed by atoms with Crippen molar-refractivity contribution in [1.29, 1.82) is 0 Å². The summed E-state index contributed by atoms with van der Waals surface area (Å²) >= 11 is 0. The van der Waals surface area contributed by atoms with Crippen molar-refractivity contribution < 1.29 is 4.74 Å². The fraction of sp³-hybridized carbons (Fsp3) is 0.933. The van der Waals surface area contributed by atoms with Crippen molar-refractivity contribution in [3.05, 3.63) is 6.92 Å². The molecule has 3 heteroatoms. The fourth-order valence-electron chi connectivity index (χ4n) is 1.90. The molecule has 1 radical (unpaired) electrons. The summed E-state index contributed by atoms with van der Waals surface area (Å²) in [6, 6.07) is 0. The predicted molar refractivity (Wildman–Crippen MR) is 86.9 cm³/mol. The van der Waals surface area contributed by atoms with E-state index in [1.807, 2.05) is 0 Å². The molecule has 0 aromatic heterocycles. The summed E-state index contributed by atoms with van der Waals surface area (Å²) in [6.07, 6.45) is 14.8. The van der Waals surface area contributed by atoms with Crippen molar-refractivity contribution in [3.8, 4) is 0 Å². The summed E-state index contributed by atoms with van der Waals surface area (Å²) in [4.78, 5) is 0. The quantitative estimate of drug-likeness (QED) is 0.366. The first-order valence-electron chi connectivity index (χ1n) is 7.28. The third-order valence-electron chi connectivity index (χ3n) is 2.93. The normalized spacial score (nSPS) is 9.67. The molecule has 18 heavy (non-hydrogen) atoms. The Balaban J connectivity index is -0.00000112. The average molecular weight is 275 g/mol. The van der Waals surface area contributed by atoms with Crippen molar-refractivity contribution in [2.24, 2.45) is 0 Å². The molecule has 0 rings (SSSR count). The van der Waals surface area contributed by atoms with Crippen molar-refractivity contribution >= 4 is 59.1 Å². The van der Waals surface area contributed by atoms with Gasteiger partial charge in [0.1, 0.15) is 0 Å². The van der Waals surface area contributed by atoms with Crippen LogP contribution in [0.4, 0.5) is 0 Å². The summed E-state index contributed by atoms with van der Waals surface area (Å²) < 4.78 is 5.39. The monoisotopic (exact) mass is 275 g/mol. The van der Waals surface area contributed by atoms with Crippen LogP contribution < -0.4 is 0 Å². The zero-order chi connectivity index (χ0) is 11.9. The molecule has 0 saturated heterocycles. The van der Waals surface area contributed by atoms with Crippen molar-refractivity contribution in [2.45, 2.75) is 77.6 Å². The van der Waals surface area contributed by atoms with E-state index in [2.05, 4.69) is 13.8 Å². The summed E-state index contributed by atoms with van der Waals surface area (Å²) in [7, 11) is 0. The summed E-state index contributed by atoms with van der Waals surface area (Å²) in [5, 5.41) is 0. The van der Waals surface area contributed by atoms with Crippen molar-refractivity contribution in [2.75, 3.05) is 13.2 Å². The van der Waals surface area contributed by atoms with Gasteiger partial charge in [-0.25, -0.2) is 0 Å². The van der Waals surface area contributed by atoms with Gasteiger partial charge in [0.15, 0.2) is 0 Å². The van der Waals surface area contributed by atoms with Gasteiger partial charge in [0.25, 0.3) is 0 Å². The Bertz CT molecular complexity index is 107. The van der Waals surface area contributed by atoms with E-state index >= 15 is 0 Å². The Labute approximate surface area is 160 Å². The van der Waals surface area contributed by atoms with Gasteiger partial charge in [-0.15, -0.1) is 0 Å². The molecule has 0 spiro atoms. The second-order valence-corrected chi connectivity index (χ2v) is 4.65. The molecule has 0 heterocycles. The number of hydrogen-bond donors (Lipinski definition) is 0. The molecule has 0 aliphatic heterocycles. The van der Waals surface area contributed by atoms with Gasteiger partial charge in [0.2, 0.25) is 0 Å². The maximum atomic E-state index is 5.39. The Morgan fingerprint density at radius 2 is 1.11 bits per heavy atom. The summed E-state index contributed by atoms with van der Waals surface area (Å²) in [5.74, 6) is 0. The third kappa shape index (κ3) is 23.1. The number of rotatable bonds is 13. The van der Waals surface area contributed by atoms with Gasteiger partial charge in [0, 0.05) is 13.2 Å². The topological polar surface area (TPSA) is 9.23 Å². The molecule has 0 fully saturated rings. The number of ether oxygens (including phenoxy) is 1. The van der Waals surface area contributed by atoms with E-state index in [0.717, 1.165) is 19.6 Å². The van der Waals surface area contributed by atoms with E-state index in [0.29, 0.717) is 0 Å². The first-order valence-corrected chi connectivity index (χ1v) is 7.28. The van der Waals surface area contributed by atoms with Crippen LogP contribution in [0.15, 0.2) is 0 Å². The molecule has 0 aromatic carbocycles. The molecule has 0 aromatic rings. The Morgan fingerprint density at radius 1 is 0.667 bits per heavy atom. The molecule has 101 valence electrons. The van der Waals surface area contributed by atoms with Gasteiger partial charge in [-0.1, -0.05) is 71.6 Å². The van der Waals surface area contributed by atoms with Crippen LogP contribution in [0.25, 0.3) is 0 Å². The minimum atomic E-state index is 0. The van der Waals surface area contributed by atoms with Crippen LogP contribution in [-0.2, 0) is 4.74 Å². The Kier molecular flexibility index (Phi) is 33.3. The zero-order valence-electron chi connectivity index (χ0n) is 11.3. The van der Waals surface area contributed by atoms with Crippen LogP contribution in [0.1, 0.15) is 77.6 Å². The molecular formula is C15H33Na2O. The van der Waals surface area contributed by atoms with E-state index in [4.69, 9.17) is 4.74 Å².